The van der Waals surface area contributed by atoms with E-state index in [0.29, 0.717) is 0 Å². The summed E-state index contributed by atoms with van der Waals surface area (Å²) in [6.07, 6.45) is 5.23. The fourth-order valence-corrected chi connectivity index (χ4v) is 0.469. The second-order valence-corrected chi connectivity index (χ2v) is 1.65. The van der Waals surface area contributed by atoms with Crippen molar-refractivity contribution < 1.29 is 0 Å². The molecule has 0 fully saturated rings. The molecule has 0 aliphatic carbocycles. The average Bonchev–Trinajstić information content (AvgIpc) is 1.91. The topological polar surface area (TPSA) is 38.4 Å². The fraction of sp³-hybridized carbons (Fsp3) is 0.286. The maximum Gasteiger partial charge on any atom is 0.0597 e. The maximum absolute atomic E-state index is 5.01. The summed E-state index contributed by atoms with van der Waals surface area (Å²) in [6.45, 7) is 7.11. The van der Waals surface area contributed by atoms with Gasteiger partial charge in [-0.2, -0.15) is 5.10 Å². The molecule has 9 heavy (non-hydrogen) atoms. The van der Waals surface area contributed by atoms with Gasteiger partial charge in [-0.15, -0.1) is 6.58 Å². The van der Waals surface area contributed by atoms with Gasteiger partial charge in [-0.05, 0) is 18.9 Å². The summed E-state index contributed by atoms with van der Waals surface area (Å²) in [5, 5.41) is 3.49. The van der Waals surface area contributed by atoms with Gasteiger partial charge in [0.15, 0.2) is 0 Å². The Bertz CT molecular complexity index is 125. The van der Waals surface area contributed by atoms with Gasteiger partial charge < -0.3 is 5.84 Å². The third-order valence-corrected chi connectivity index (χ3v) is 1.01. The van der Waals surface area contributed by atoms with Crippen LogP contribution in [0.15, 0.2) is 30.4 Å². The zero-order chi connectivity index (χ0) is 7.11. The molecule has 0 saturated heterocycles. The summed E-state index contributed by atoms with van der Waals surface area (Å²) in [5.41, 5.74) is 0.829. The molecule has 0 rings (SSSR count). The molecule has 0 aromatic heterocycles. The van der Waals surface area contributed by atoms with Crippen molar-refractivity contribution in [3.8, 4) is 0 Å². The summed E-state index contributed by atoms with van der Waals surface area (Å²) >= 11 is 0. The summed E-state index contributed by atoms with van der Waals surface area (Å²) in [7, 11) is 0. The fourth-order valence-electron chi connectivity index (χ4n) is 0.469. The first kappa shape index (κ1) is 7.95. The van der Waals surface area contributed by atoms with Gasteiger partial charge in [-0.1, -0.05) is 12.7 Å². The van der Waals surface area contributed by atoms with E-state index in [-0.39, 0.29) is 0 Å². The summed E-state index contributed by atoms with van der Waals surface area (Å²) in [5.74, 6) is 5.01. The van der Waals surface area contributed by atoms with Gasteiger partial charge in [0.25, 0.3) is 0 Å². The van der Waals surface area contributed by atoms with Gasteiger partial charge in [0.05, 0.1) is 5.71 Å². The molecule has 0 amide bonds. The lowest BCUT2D eigenvalue weighted by atomic mass is 10.2. The predicted octanol–water partition coefficient (Wildman–Crippen LogP) is 1.45. The highest BCUT2D eigenvalue weighted by Crippen LogP contribution is 1.92. The van der Waals surface area contributed by atoms with Crippen LogP contribution in [0.3, 0.4) is 0 Å². The lowest BCUT2D eigenvalue weighted by Gasteiger charge is -1.92. The van der Waals surface area contributed by atoms with Crippen LogP contribution in [-0.2, 0) is 0 Å². The molecule has 2 nitrogen and oxygen atoms in total. The van der Waals surface area contributed by atoms with Crippen molar-refractivity contribution in [2.24, 2.45) is 10.9 Å². The number of nitrogens with zero attached hydrogens (tertiary/aromatic N) is 1. The zero-order valence-corrected chi connectivity index (χ0v) is 5.51. The van der Waals surface area contributed by atoms with Crippen LogP contribution in [0.1, 0.15) is 12.8 Å². The first-order chi connectivity index (χ1) is 4.35. The Labute approximate surface area is 55.8 Å². The summed E-state index contributed by atoms with van der Waals surface area (Å²) < 4.78 is 0. The van der Waals surface area contributed by atoms with E-state index in [2.05, 4.69) is 18.3 Å². The van der Waals surface area contributed by atoms with Gasteiger partial charge in [-0.25, -0.2) is 0 Å². The number of hydrogen-bond donors (Lipinski definition) is 1. The van der Waals surface area contributed by atoms with E-state index in [4.69, 9.17) is 5.84 Å². The van der Waals surface area contributed by atoms with Crippen LogP contribution in [0.25, 0.3) is 0 Å². The van der Waals surface area contributed by atoms with Crippen LogP contribution in [0.5, 0.6) is 0 Å². The molecule has 2 N–H and O–H groups in total. The van der Waals surface area contributed by atoms with Crippen LogP contribution in [0.2, 0.25) is 0 Å². The monoisotopic (exact) mass is 124 g/mol. The van der Waals surface area contributed by atoms with Crippen molar-refractivity contribution in [2.45, 2.75) is 12.8 Å². The minimum absolute atomic E-state index is 0.829. The average molecular weight is 124 g/mol. The highest BCUT2D eigenvalue weighted by Gasteiger charge is 1.87. The molecule has 0 radical (unpaired) electrons. The van der Waals surface area contributed by atoms with Crippen molar-refractivity contribution in [1.29, 1.82) is 0 Å². The van der Waals surface area contributed by atoms with Crippen LogP contribution < -0.4 is 5.84 Å². The van der Waals surface area contributed by atoms with E-state index in [1.807, 2.05) is 6.08 Å². The summed E-state index contributed by atoms with van der Waals surface area (Å²) in [6, 6.07) is 0. The van der Waals surface area contributed by atoms with Crippen molar-refractivity contribution in [3.63, 3.8) is 0 Å². The van der Waals surface area contributed by atoms with Crippen LogP contribution in [0.4, 0.5) is 0 Å². The Balaban J connectivity index is 3.57. The number of rotatable bonds is 4. The molecule has 0 bridgehead atoms. The van der Waals surface area contributed by atoms with E-state index in [1.165, 1.54) is 0 Å². The largest absolute Gasteiger partial charge is 0.323 e. The quantitative estimate of drug-likeness (QED) is 0.262. The standard InChI is InChI=1S/C7H12N2/c1-3-5-6-7(4-2)9-8/h3-4H,1-2,5-6,8H2/b9-7-. The Hall–Kier alpha value is -1.05. The van der Waals surface area contributed by atoms with Crippen molar-refractivity contribution in [2.75, 3.05) is 0 Å². The molecule has 0 aromatic carbocycles. The number of nitrogens with two attached hydrogens (primary N) is 1. The first-order valence-electron chi connectivity index (χ1n) is 2.85. The van der Waals surface area contributed by atoms with E-state index in [0.717, 1.165) is 18.6 Å². The third-order valence-electron chi connectivity index (χ3n) is 1.01. The molecule has 0 saturated carbocycles. The number of hydrazone groups is 1. The zero-order valence-electron chi connectivity index (χ0n) is 5.51. The van der Waals surface area contributed by atoms with Crippen LogP contribution >= 0.6 is 0 Å². The Morgan fingerprint density at radius 3 is 2.56 bits per heavy atom. The van der Waals surface area contributed by atoms with Gasteiger partial charge in [-0.3, -0.25) is 0 Å². The molecule has 0 aliphatic rings. The SMILES string of the molecule is C=CCC/C(C=C)=N\N. The molecule has 50 valence electrons. The minimum Gasteiger partial charge on any atom is -0.323 e. The lowest BCUT2D eigenvalue weighted by Crippen LogP contribution is -1.96. The first-order valence-corrected chi connectivity index (χ1v) is 2.85. The molecule has 2 heteroatoms. The number of allylic oxidation sites excluding steroid dienone is 2. The smallest absolute Gasteiger partial charge is 0.0597 e. The van der Waals surface area contributed by atoms with Gasteiger partial charge in [0.2, 0.25) is 0 Å². The lowest BCUT2D eigenvalue weighted by molar-refractivity contribution is 1.08. The second kappa shape index (κ2) is 5.09. The predicted molar refractivity (Wildman–Crippen MR) is 41.3 cm³/mol. The normalized spacial score (nSPS) is 10.9. The Morgan fingerprint density at radius 1 is 1.56 bits per heavy atom. The third kappa shape index (κ3) is 3.53. The van der Waals surface area contributed by atoms with Crippen molar-refractivity contribution in [3.05, 3.63) is 25.3 Å². The minimum atomic E-state index is 0.829. The highest BCUT2D eigenvalue weighted by atomic mass is 15.1. The van der Waals surface area contributed by atoms with Crippen LogP contribution in [0, 0.1) is 0 Å². The van der Waals surface area contributed by atoms with E-state index < -0.39 is 0 Å². The maximum atomic E-state index is 5.01. The highest BCUT2D eigenvalue weighted by molar-refractivity contribution is 5.94. The molecule has 0 atom stereocenters. The number of hydrogen-bond acceptors (Lipinski definition) is 2. The van der Waals surface area contributed by atoms with Crippen molar-refractivity contribution >= 4 is 5.71 Å². The Morgan fingerprint density at radius 2 is 2.22 bits per heavy atom. The molecule has 0 unspecified atom stereocenters. The van der Waals surface area contributed by atoms with E-state index in [1.54, 1.807) is 6.08 Å². The summed E-state index contributed by atoms with van der Waals surface area (Å²) in [4.78, 5) is 0. The van der Waals surface area contributed by atoms with E-state index in [9.17, 15) is 0 Å². The van der Waals surface area contributed by atoms with Gasteiger partial charge in [0.1, 0.15) is 0 Å². The molecular weight excluding hydrogens is 112 g/mol. The van der Waals surface area contributed by atoms with Gasteiger partial charge in [0, 0.05) is 0 Å². The van der Waals surface area contributed by atoms with Crippen molar-refractivity contribution in [1.82, 2.24) is 0 Å². The molecule has 0 aliphatic heterocycles. The molecule has 0 aromatic rings. The molecule has 0 spiro atoms. The molecular formula is C7H12N2. The Kier molecular flexibility index (Phi) is 4.50. The van der Waals surface area contributed by atoms with E-state index >= 15 is 0 Å². The molecule has 0 heterocycles. The van der Waals surface area contributed by atoms with Crippen LogP contribution in [-0.4, -0.2) is 5.71 Å². The second-order valence-electron chi connectivity index (χ2n) is 1.65. The van der Waals surface area contributed by atoms with Gasteiger partial charge >= 0.3 is 0 Å².